The summed E-state index contributed by atoms with van der Waals surface area (Å²) in [5.74, 6) is 0. The van der Waals surface area contributed by atoms with Crippen LogP contribution in [0.15, 0.2) is 6.20 Å². The number of ether oxygens (including phenoxy) is 1. The van der Waals surface area contributed by atoms with E-state index >= 15 is 0 Å². The zero-order valence-electron chi connectivity index (χ0n) is 12.2. The highest BCUT2D eigenvalue weighted by molar-refractivity contribution is 5.16. The van der Waals surface area contributed by atoms with E-state index in [0.717, 1.165) is 19.6 Å². The van der Waals surface area contributed by atoms with Gasteiger partial charge in [-0.05, 0) is 20.3 Å². The van der Waals surface area contributed by atoms with Gasteiger partial charge in [-0.25, -0.2) is 0 Å². The van der Waals surface area contributed by atoms with Crippen LogP contribution in [0.25, 0.3) is 0 Å². The molecule has 0 radical (unpaired) electrons. The lowest BCUT2D eigenvalue weighted by Crippen LogP contribution is -2.60. The van der Waals surface area contributed by atoms with Gasteiger partial charge in [-0.15, -0.1) is 0 Å². The van der Waals surface area contributed by atoms with Crippen molar-refractivity contribution in [3.05, 3.63) is 17.5 Å². The predicted molar refractivity (Wildman–Crippen MR) is 72.4 cm³/mol. The lowest BCUT2D eigenvalue weighted by Gasteiger charge is -2.52. The minimum Gasteiger partial charge on any atom is -0.378 e. The number of aryl methyl sites for hydroxylation is 1. The van der Waals surface area contributed by atoms with Gasteiger partial charge in [-0.1, -0.05) is 13.8 Å². The molecule has 0 aromatic carbocycles. The fraction of sp³-hybridized carbons (Fsp3) is 0.786. The molecule has 1 aromatic heterocycles. The fourth-order valence-electron chi connectivity index (χ4n) is 2.67. The molecular weight excluding hydrogens is 226 g/mol. The lowest BCUT2D eigenvalue weighted by molar-refractivity contribution is -0.114. The predicted octanol–water partition coefficient (Wildman–Crippen LogP) is 2.02. The van der Waals surface area contributed by atoms with Gasteiger partial charge in [-0.3, -0.25) is 4.68 Å². The summed E-state index contributed by atoms with van der Waals surface area (Å²) in [4.78, 5) is 0. The second-order valence-electron chi connectivity index (χ2n) is 5.81. The summed E-state index contributed by atoms with van der Waals surface area (Å²) in [6.07, 6.45) is 3.46. The molecule has 1 aliphatic carbocycles. The Labute approximate surface area is 110 Å². The molecule has 2 rings (SSSR count). The molecule has 1 aromatic rings. The molecule has 1 heterocycles. The molecule has 2 atom stereocenters. The smallest absolute Gasteiger partial charge is 0.0655 e. The average molecular weight is 251 g/mol. The lowest BCUT2D eigenvalue weighted by atomic mass is 9.64. The van der Waals surface area contributed by atoms with Gasteiger partial charge in [0.15, 0.2) is 0 Å². The van der Waals surface area contributed by atoms with Crippen LogP contribution in [0.5, 0.6) is 0 Å². The largest absolute Gasteiger partial charge is 0.378 e. The first-order chi connectivity index (χ1) is 8.46. The topological polar surface area (TPSA) is 39.1 Å². The van der Waals surface area contributed by atoms with E-state index in [1.165, 1.54) is 11.3 Å². The van der Waals surface area contributed by atoms with E-state index in [4.69, 9.17) is 4.74 Å². The minimum absolute atomic E-state index is 0.228. The highest BCUT2D eigenvalue weighted by atomic mass is 16.5. The zero-order chi connectivity index (χ0) is 13.3. The number of nitrogens with one attached hydrogen (secondary N) is 1. The molecule has 0 amide bonds. The fourth-order valence-corrected chi connectivity index (χ4v) is 2.67. The van der Waals surface area contributed by atoms with Crippen molar-refractivity contribution in [1.82, 2.24) is 15.1 Å². The SMILES string of the molecule is CCOC1CC(NCc2cnn(C)c2C)C1(C)C. The van der Waals surface area contributed by atoms with Crippen molar-refractivity contribution in [2.45, 2.75) is 52.8 Å². The Morgan fingerprint density at radius 1 is 1.56 bits per heavy atom. The van der Waals surface area contributed by atoms with Gasteiger partial charge >= 0.3 is 0 Å². The second kappa shape index (κ2) is 5.02. The van der Waals surface area contributed by atoms with Gasteiger partial charge in [0.2, 0.25) is 0 Å². The number of hydrogen-bond acceptors (Lipinski definition) is 3. The standard InChI is InChI=1S/C14H25N3O/c1-6-18-13-7-12(14(13,3)4)15-8-11-9-16-17(5)10(11)2/h9,12-13,15H,6-8H2,1-5H3. The molecular formula is C14H25N3O. The third-order valence-corrected chi connectivity index (χ3v) is 4.42. The van der Waals surface area contributed by atoms with Gasteiger partial charge in [0.05, 0.1) is 12.3 Å². The van der Waals surface area contributed by atoms with E-state index < -0.39 is 0 Å². The second-order valence-corrected chi connectivity index (χ2v) is 5.81. The summed E-state index contributed by atoms with van der Waals surface area (Å²) in [5, 5.41) is 7.91. The van der Waals surface area contributed by atoms with Crippen LogP contribution >= 0.6 is 0 Å². The molecule has 18 heavy (non-hydrogen) atoms. The number of rotatable bonds is 5. The monoisotopic (exact) mass is 251 g/mol. The molecule has 1 N–H and O–H groups in total. The van der Waals surface area contributed by atoms with Gasteiger partial charge in [0.25, 0.3) is 0 Å². The van der Waals surface area contributed by atoms with E-state index in [1.54, 1.807) is 0 Å². The Balaban J connectivity index is 1.87. The van der Waals surface area contributed by atoms with Crippen molar-refractivity contribution >= 4 is 0 Å². The first kappa shape index (κ1) is 13.6. The highest BCUT2D eigenvalue weighted by Crippen LogP contribution is 2.42. The quantitative estimate of drug-likeness (QED) is 0.870. The van der Waals surface area contributed by atoms with Crippen LogP contribution in [-0.2, 0) is 18.3 Å². The van der Waals surface area contributed by atoms with Crippen LogP contribution in [-0.4, -0.2) is 28.5 Å². The highest BCUT2D eigenvalue weighted by Gasteiger charge is 2.48. The van der Waals surface area contributed by atoms with Crippen molar-refractivity contribution in [2.75, 3.05) is 6.61 Å². The van der Waals surface area contributed by atoms with Crippen LogP contribution in [0.1, 0.15) is 38.4 Å². The van der Waals surface area contributed by atoms with Crippen LogP contribution in [0.4, 0.5) is 0 Å². The Bertz CT molecular complexity index is 411. The van der Waals surface area contributed by atoms with Crippen molar-refractivity contribution < 1.29 is 4.74 Å². The molecule has 4 nitrogen and oxygen atoms in total. The molecule has 0 bridgehead atoms. The molecule has 0 aliphatic heterocycles. The van der Waals surface area contributed by atoms with Crippen LogP contribution < -0.4 is 5.32 Å². The van der Waals surface area contributed by atoms with Crippen molar-refractivity contribution in [3.63, 3.8) is 0 Å². The van der Waals surface area contributed by atoms with E-state index in [0.29, 0.717) is 12.1 Å². The van der Waals surface area contributed by atoms with E-state index in [-0.39, 0.29) is 5.41 Å². The number of hydrogen-bond donors (Lipinski definition) is 1. The van der Waals surface area contributed by atoms with Gasteiger partial charge in [0, 0.05) is 42.9 Å². The zero-order valence-corrected chi connectivity index (χ0v) is 12.2. The Morgan fingerprint density at radius 2 is 2.28 bits per heavy atom. The number of nitrogens with zero attached hydrogens (tertiary/aromatic N) is 2. The minimum atomic E-state index is 0.228. The van der Waals surface area contributed by atoms with Crippen molar-refractivity contribution in [1.29, 1.82) is 0 Å². The van der Waals surface area contributed by atoms with Gasteiger partial charge in [-0.2, -0.15) is 5.10 Å². The number of aromatic nitrogens is 2. The summed E-state index contributed by atoms with van der Waals surface area (Å²) in [5.41, 5.74) is 2.75. The summed E-state index contributed by atoms with van der Waals surface area (Å²) in [6, 6.07) is 0.536. The third-order valence-electron chi connectivity index (χ3n) is 4.42. The molecule has 0 saturated heterocycles. The van der Waals surface area contributed by atoms with Crippen molar-refractivity contribution in [2.24, 2.45) is 12.5 Å². The van der Waals surface area contributed by atoms with E-state index in [2.05, 4.69) is 38.1 Å². The summed E-state index contributed by atoms with van der Waals surface area (Å²) in [6.45, 7) is 10.4. The molecule has 0 spiro atoms. The average Bonchev–Trinajstić information content (AvgIpc) is 2.64. The van der Waals surface area contributed by atoms with Crippen LogP contribution in [0.2, 0.25) is 0 Å². The first-order valence-electron chi connectivity index (χ1n) is 6.79. The summed E-state index contributed by atoms with van der Waals surface area (Å²) in [7, 11) is 1.98. The van der Waals surface area contributed by atoms with Gasteiger partial charge in [0.1, 0.15) is 0 Å². The molecule has 1 saturated carbocycles. The van der Waals surface area contributed by atoms with E-state index in [1.807, 2.05) is 17.9 Å². The summed E-state index contributed by atoms with van der Waals surface area (Å²) >= 11 is 0. The Hall–Kier alpha value is -0.870. The van der Waals surface area contributed by atoms with Crippen molar-refractivity contribution in [3.8, 4) is 0 Å². The van der Waals surface area contributed by atoms with Crippen LogP contribution in [0.3, 0.4) is 0 Å². The third kappa shape index (κ3) is 2.31. The van der Waals surface area contributed by atoms with Crippen LogP contribution in [0, 0.1) is 12.3 Å². The first-order valence-corrected chi connectivity index (χ1v) is 6.79. The maximum atomic E-state index is 5.75. The maximum Gasteiger partial charge on any atom is 0.0655 e. The van der Waals surface area contributed by atoms with Gasteiger partial charge < -0.3 is 10.1 Å². The summed E-state index contributed by atoms with van der Waals surface area (Å²) < 4.78 is 7.67. The normalized spacial score (nSPS) is 26.1. The Kier molecular flexibility index (Phi) is 3.78. The maximum absolute atomic E-state index is 5.75. The molecule has 2 unspecified atom stereocenters. The van der Waals surface area contributed by atoms with E-state index in [9.17, 15) is 0 Å². The molecule has 1 aliphatic rings. The molecule has 102 valence electrons. The molecule has 4 heteroatoms. The molecule has 1 fully saturated rings. The Morgan fingerprint density at radius 3 is 2.78 bits per heavy atom.